The number of ether oxygens (including phenoxy) is 1. The number of carbonyl (C=O) groups excluding carboxylic acids is 1. The molecule has 2 unspecified atom stereocenters. The number of hydrogen-bond donors (Lipinski definition) is 3. The topological polar surface area (TPSA) is 70.6 Å². The van der Waals surface area contributed by atoms with Crippen molar-refractivity contribution in [1.82, 2.24) is 10.6 Å². The highest BCUT2D eigenvalue weighted by atomic mass is 16.5. The molecule has 0 rings (SSSR count). The summed E-state index contributed by atoms with van der Waals surface area (Å²) >= 11 is 0. The molecule has 0 aromatic rings. The van der Waals surface area contributed by atoms with Gasteiger partial charge in [0.15, 0.2) is 0 Å². The van der Waals surface area contributed by atoms with Crippen molar-refractivity contribution < 1.29 is 14.6 Å². The van der Waals surface area contributed by atoms with Crippen LogP contribution in [0.25, 0.3) is 0 Å². The van der Waals surface area contributed by atoms with Crippen LogP contribution < -0.4 is 10.6 Å². The number of methoxy groups -OCH3 is 1. The summed E-state index contributed by atoms with van der Waals surface area (Å²) in [6.07, 6.45) is 0.910. The van der Waals surface area contributed by atoms with Crippen LogP contribution in [0.5, 0.6) is 0 Å². The number of hydrogen-bond acceptors (Lipinski definition) is 4. The van der Waals surface area contributed by atoms with Gasteiger partial charge in [0.2, 0.25) is 5.91 Å². The first-order valence-corrected chi connectivity index (χ1v) is 5.26. The van der Waals surface area contributed by atoms with Crippen molar-refractivity contribution in [2.45, 2.75) is 32.4 Å². The predicted molar refractivity (Wildman–Crippen MR) is 58.6 cm³/mol. The van der Waals surface area contributed by atoms with E-state index in [2.05, 4.69) is 10.6 Å². The van der Waals surface area contributed by atoms with Crippen LogP contribution in [-0.2, 0) is 9.53 Å². The summed E-state index contributed by atoms with van der Waals surface area (Å²) in [5.41, 5.74) is 0. The lowest BCUT2D eigenvalue weighted by Crippen LogP contribution is -2.44. The first kappa shape index (κ1) is 14.3. The second kappa shape index (κ2) is 8.64. The van der Waals surface area contributed by atoms with Crippen LogP contribution in [0.15, 0.2) is 0 Å². The molecule has 0 heterocycles. The molecule has 1 amide bonds. The van der Waals surface area contributed by atoms with Gasteiger partial charge in [-0.25, -0.2) is 0 Å². The molecule has 0 aromatic carbocycles. The van der Waals surface area contributed by atoms with Crippen LogP contribution >= 0.6 is 0 Å². The summed E-state index contributed by atoms with van der Waals surface area (Å²) in [7, 11) is 1.56. The van der Waals surface area contributed by atoms with Gasteiger partial charge < -0.3 is 20.5 Å². The zero-order valence-electron chi connectivity index (χ0n) is 9.75. The molecule has 0 radical (unpaired) electrons. The van der Waals surface area contributed by atoms with E-state index < -0.39 is 0 Å². The summed E-state index contributed by atoms with van der Waals surface area (Å²) < 4.78 is 4.88. The Hall–Kier alpha value is -0.650. The molecule has 0 saturated heterocycles. The van der Waals surface area contributed by atoms with Gasteiger partial charge in [-0.15, -0.1) is 0 Å². The zero-order valence-corrected chi connectivity index (χ0v) is 9.75. The molecule has 0 aromatic heterocycles. The van der Waals surface area contributed by atoms with Crippen LogP contribution in [0, 0.1) is 0 Å². The number of amides is 1. The fraction of sp³-hybridized carbons (Fsp3) is 0.900. The molecule has 0 spiro atoms. The Bertz CT molecular complexity index is 176. The number of rotatable bonds is 8. The summed E-state index contributed by atoms with van der Waals surface area (Å²) in [6.45, 7) is 4.53. The molecule has 2 atom stereocenters. The molecule has 90 valence electrons. The normalized spacial score (nSPS) is 14.7. The van der Waals surface area contributed by atoms with Crippen molar-refractivity contribution in [3.63, 3.8) is 0 Å². The predicted octanol–water partition coefficient (Wildman–Crippen LogP) is -0.502. The third kappa shape index (κ3) is 7.30. The van der Waals surface area contributed by atoms with Crippen molar-refractivity contribution >= 4 is 5.91 Å². The van der Waals surface area contributed by atoms with Crippen molar-refractivity contribution in [1.29, 1.82) is 0 Å². The van der Waals surface area contributed by atoms with Crippen molar-refractivity contribution in [3.8, 4) is 0 Å². The van der Waals surface area contributed by atoms with Crippen LogP contribution in [-0.4, -0.2) is 50.0 Å². The molecule has 3 N–H and O–H groups in total. The van der Waals surface area contributed by atoms with E-state index in [9.17, 15) is 4.79 Å². The minimum Gasteiger partial charge on any atom is -0.395 e. The molecule has 0 fully saturated rings. The third-order valence-corrected chi connectivity index (χ3v) is 2.16. The fourth-order valence-corrected chi connectivity index (χ4v) is 1.04. The van der Waals surface area contributed by atoms with Gasteiger partial charge in [-0.1, -0.05) is 6.92 Å². The van der Waals surface area contributed by atoms with Crippen LogP contribution in [0.4, 0.5) is 0 Å². The van der Waals surface area contributed by atoms with Gasteiger partial charge in [0, 0.05) is 13.2 Å². The quantitative estimate of drug-likeness (QED) is 0.513. The smallest absolute Gasteiger partial charge is 0.234 e. The van der Waals surface area contributed by atoms with Gasteiger partial charge in [-0.3, -0.25) is 4.79 Å². The summed E-state index contributed by atoms with van der Waals surface area (Å²) in [6, 6.07) is 0.00647. The Labute approximate surface area is 91.2 Å². The van der Waals surface area contributed by atoms with E-state index in [1.54, 1.807) is 7.11 Å². The SMILES string of the molecule is CCC(C)NC(=O)CNC(CO)COC. The maximum atomic E-state index is 11.3. The molecule has 0 aliphatic carbocycles. The van der Waals surface area contributed by atoms with E-state index in [0.29, 0.717) is 6.61 Å². The highest BCUT2D eigenvalue weighted by molar-refractivity contribution is 5.78. The lowest BCUT2D eigenvalue weighted by Gasteiger charge is -2.16. The first-order chi connectivity index (χ1) is 7.13. The molecule has 15 heavy (non-hydrogen) atoms. The first-order valence-electron chi connectivity index (χ1n) is 5.26. The monoisotopic (exact) mass is 218 g/mol. The van der Waals surface area contributed by atoms with Crippen LogP contribution in [0.2, 0.25) is 0 Å². The standard InChI is InChI=1S/C10H22N2O3/c1-4-8(2)12-10(14)5-11-9(6-13)7-15-3/h8-9,11,13H,4-7H2,1-3H3,(H,12,14). The Balaban J connectivity index is 3.68. The summed E-state index contributed by atoms with van der Waals surface area (Å²) in [4.78, 5) is 11.3. The van der Waals surface area contributed by atoms with Crippen molar-refractivity contribution in [3.05, 3.63) is 0 Å². The molecular formula is C10H22N2O3. The van der Waals surface area contributed by atoms with Gasteiger partial charge in [-0.2, -0.15) is 0 Å². The Morgan fingerprint density at radius 1 is 1.53 bits per heavy atom. The highest BCUT2D eigenvalue weighted by Crippen LogP contribution is 1.87. The molecule has 0 aliphatic rings. The van der Waals surface area contributed by atoms with Gasteiger partial charge in [0.05, 0.1) is 25.8 Å². The van der Waals surface area contributed by atoms with Gasteiger partial charge in [0.25, 0.3) is 0 Å². The number of carbonyl (C=O) groups is 1. The van der Waals surface area contributed by atoms with E-state index in [1.165, 1.54) is 0 Å². The Kier molecular flexibility index (Phi) is 8.27. The van der Waals surface area contributed by atoms with E-state index in [1.807, 2.05) is 13.8 Å². The second-order valence-electron chi connectivity index (χ2n) is 3.59. The summed E-state index contributed by atoms with van der Waals surface area (Å²) in [5, 5.41) is 14.7. The Morgan fingerprint density at radius 2 is 2.20 bits per heavy atom. The van der Waals surface area contributed by atoms with E-state index >= 15 is 0 Å². The summed E-state index contributed by atoms with van der Waals surface area (Å²) in [5.74, 6) is -0.0566. The van der Waals surface area contributed by atoms with Crippen molar-refractivity contribution in [2.75, 3.05) is 26.9 Å². The van der Waals surface area contributed by atoms with Crippen LogP contribution in [0.1, 0.15) is 20.3 Å². The van der Waals surface area contributed by atoms with E-state index in [-0.39, 0.29) is 31.1 Å². The highest BCUT2D eigenvalue weighted by Gasteiger charge is 2.09. The maximum absolute atomic E-state index is 11.3. The minimum absolute atomic E-state index is 0.0373. The average molecular weight is 218 g/mol. The number of aliphatic hydroxyl groups excluding tert-OH is 1. The third-order valence-electron chi connectivity index (χ3n) is 2.16. The lowest BCUT2D eigenvalue weighted by molar-refractivity contribution is -0.121. The lowest BCUT2D eigenvalue weighted by atomic mass is 10.2. The number of aliphatic hydroxyl groups is 1. The Morgan fingerprint density at radius 3 is 2.67 bits per heavy atom. The van der Waals surface area contributed by atoms with Crippen molar-refractivity contribution in [2.24, 2.45) is 0 Å². The van der Waals surface area contributed by atoms with Gasteiger partial charge in [-0.05, 0) is 13.3 Å². The minimum atomic E-state index is -0.183. The van der Waals surface area contributed by atoms with Gasteiger partial charge in [0.1, 0.15) is 0 Å². The molecule has 0 saturated carbocycles. The van der Waals surface area contributed by atoms with E-state index in [0.717, 1.165) is 6.42 Å². The van der Waals surface area contributed by atoms with Crippen LogP contribution in [0.3, 0.4) is 0 Å². The fourth-order valence-electron chi connectivity index (χ4n) is 1.04. The molecular weight excluding hydrogens is 196 g/mol. The molecule has 0 bridgehead atoms. The second-order valence-corrected chi connectivity index (χ2v) is 3.59. The molecule has 0 aliphatic heterocycles. The van der Waals surface area contributed by atoms with E-state index in [4.69, 9.17) is 9.84 Å². The largest absolute Gasteiger partial charge is 0.395 e. The molecule has 5 heteroatoms. The van der Waals surface area contributed by atoms with Gasteiger partial charge >= 0.3 is 0 Å². The molecule has 5 nitrogen and oxygen atoms in total. The number of nitrogens with one attached hydrogen (secondary N) is 2. The average Bonchev–Trinajstić information content (AvgIpc) is 2.23. The maximum Gasteiger partial charge on any atom is 0.234 e. The zero-order chi connectivity index (χ0) is 11.7.